The van der Waals surface area contributed by atoms with Gasteiger partial charge < -0.3 is 14.6 Å². The van der Waals surface area contributed by atoms with Gasteiger partial charge in [0.1, 0.15) is 6.26 Å². The zero-order valence-corrected chi connectivity index (χ0v) is 8.23. The maximum atomic E-state index is 11.3. The molecule has 1 aliphatic rings. The molecule has 0 radical (unpaired) electrons. The van der Waals surface area contributed by atoms with E-state index < -0.39 is 0 Å². The zero-order valence-electron chi connectivity index (χ0n) is 8.23. The first-order valence-electron chi connectivity index (χ1n) is 4.91. The Hall–Kier alpha value is -1.56. The maximum absolute atomic E-state index is 11.3. The van der Waals surface area contributed by atoms with Gasteiger partial charge in [0.2, 0.25) is 0 Å². The molecule has 6 nitrogen and oxygen atoms in total. The zero-order chi connectivity index (χ0) is 10.5. The van der Waals surface area contributed by atoms with Gasteiger partial charge in [0.05, 0.1) is 6.10 Å². The minimum Gasteiger partial charge on any atom is -0.376 e. The molecule has 15 heavy (non-hydrogen) atoms. The van der Waals surface area contributed by atoms with E-state index in [4.69, 9.17) is 4.74 Å². The second kappa shape index (κ2) is 4.79. The molecule has 1 atom stereocenters. The molecule has 2 heterocycles. The van der Waals surface area contributed by atoms with Gasteiger partial charge in [0.15, 0.2) is 5.82 Å². The van der Waals surface area contributed by atoms with Gasteiger partial charge in [-0.25, -0.2) is 4.79 Å². The standard InChI is InChI=1S/C9H13N3O3/c13-9(11-8-3-5-15-12-8)10-6-7-2-1-4-14-7/h3,5,7H,1-2,4,6H2,(H2,10,11,12,13). The number of nitrogens with zero attached hydrogens (tertiary/aromatic N) is 1. The minimum absolute atomic E-state index is 0.146. The Morgan fingerprint density at radius 3 is 3.27 bits per heavy atom. The normalized spacial score (nSPS) is 20.1. The van der Waals surface area contributed by atoms with E-state index in [1.54, 1.807) is 6.07 Å². The summed E-state index contributed by atoms with van der Waals surface area (Å²) in [6.07, 6.45) is 3.62. The van der Waals surface area contributed by atoms with Crippen molar-refractivity contribution in [2.75, 3.05) is 18.5 Å². The number of hydrogen-bond donors (Lipinski definition) is 2. The van der Waals surface area contributed by atoms with Gasteiger partial charge in [-0.15, -0.1) is 0 Å². The molecule has 1 fully saturated rings. The van der Waals surface area contributed by atoms with E-state index in [2.05, 4.69) is 20.3 Å². The van der Waals surface area contributed by atoms with E-state index in [0.717, 1.165) is 19.4 Å². The van der Waals surface area contributed by atoms with Crippen molar-refractivity contribution in [1.29, 1.82) is 0 Å². The minimum atomic E-state index is -0.292. The van der Waals surface area contributed by atoms with E-state index in [1.807, 2.05) is 0 Å². The van der Waals surface area contributed by atoms with E-state index in [9.17, 15) is 4.79 Å². The molecule has 1 aromatic rings. The summed E-state index contributed by atoms with van der Waals surface area (Å²) in [5.41, 5.74) is 0. The van der Waals surface area contributed by atoms with Gasteiger partial charge in [-0.3, -0.25) is 5.32 Å². The van der Waals surface area contributed by atoms with Crippen molar-refractivity contribution in [3.8, 4) is 0 Å². The van der Waals surface area contributed by atoms with Crippen LogP contribution in [-0.2, 0) is 4.74 Å². The molecule has 82 valence electrons. The number of hydrogen-bond acceptors (Lipinski definition) is 4. The van der Waals surface area contributed by atoms with Crippen LogP contribution in [0.4, 0.5) is 10.6 Å². The lowest BCUT2D eigenvalue weighted by molar-refractivity contribution is 0.112. The van der Waals surface area contributed by atoms with E-state index >= 15 is 0 Å². The van der Waals surface area contributed by atoms with Crippen LogP contribution >= 0.6 is 0 Å². The summed E-state index contributed by atoms with van der Waals surface area (Å²) >= 11 is 0. The fraction of sp³-hybridized carbons (Fsp3) is 0.556. The van der Waals surface area contributed by atoms with Crippen molar-refractivity contribution in [1.82, 2.24) is 10.5 Å². The van der Waals surface area contributed by atoms with Gasteiger partial charge in [-0.2, -0.15) is 0 Å². The van der Waals surface area contributed by atoms with Gasteiger partial charge in [-0.05, 0) is 12.8 Å². The predicted molar refractivity (Wildman–Crippen MR) is 52.5 cm³/mol. The Bertz CT molecular complexity index is 306. The number of aromatic nitrogens is 1. The van der Waals surface area contributed by atoms with Gasteiger partial charge in [0.25, 0.3) is 0 Å². The molecule has 0 aromatic carbocycles. The van der Waals surface area contributed by atoms with Gasteiger partial charge in [-0.1, -0.05) is 5.16 Å². The third-order valence-corrected chi connectivity index (χ3v) is 2.19. The first-order chi connectivity index (χ1) is 7.34. The molecule has 2 N–H and O–H groups in total. The Kier molecular flexibility index (Phi) is 3.18. The Labute approximate surface area is 87.0 Å². The predicted octanol–water partition coefficient (Wildman–Crippen LogP) is 0.975. The molecule has 6 heteroatoms. The number of ether oxygens (including phenoxy) is 1. The van der Waals surface area contributed by atoms with Crippen LogP contribution in [0, 0.1) is 0 Å². The molecule has 1 saturated heterocycles. The highest BCUT2D eigenvalue weighted by atomic mass is 16.5. The van der Waals surface area contributed by atoms with Crippen molar-refractivity contribution in [3.05, 3.63) is 12.3 Å². The Morgan fingerprint density at radius 2 is 2.60 bits per heavy atom. The monoisotopic (exact) mass is 211 g/mol. The first-order valence-corrected chi connectivity index (χ1v) is 4.91. The molecular formula is C9H13N3O3. The van der Waals surface area contributed by atoms with Crippen LogP contribution in [0.1, 0.15) is 12.8 Å². The summed E-state index contributed by atoms with van der Waals surface area (Å²) in [4.78, 5) is 11.3. The molecule has 1 aliphatic heterocycles. The van der Waals surface area contributed by atoms with E-state index in [-0.39, 0.29) is 12.1 Å². The van der Waals surface area contributed by atoms with E-state index in [0.29, 0.717) is 12.4 Å². The summed E-state index contributed by atoms with van der Waals surface area (Å²) in [6.45, 7) is 1.32. The van der Waals surface area contributed by atoms with Gasteiger partial charge >= 0.3 is 6.03 Å². The SMILES string of the molecule is O=C(NCC1CCCO1)Nc1ccon1. The molecule has 2 amide bonds. The number of amides is 2. The quantitative estimate of drug-likeness (QED) is 0.781. The summed E-state index contributed by atoms with van der Waals surface area (Å²) in [6, 6.07) is 1.28. The molecule has 0 aliphatic carbocycles. The van der Waals surface area contributed by atoms with Crippen LogP contribution < -0.4 is 10.6 Å². The second-order valence-corrected chi connectivity index (χ2v) is 3.35. The second-order valence-electron chi connectivity index (χ2n) is 3.35. The maximum Gasteiger partial charge on any atom is 0.320 e. The largest absolute Gasteiger partial charge is 0.376 e. The fourth-order valence-corrected chi connectivity index (χ4v) is 1.45. The van der Waals surface area contributed by atoms with Crippen molar-refractivity contribution in [2.45, 2.75) is 18.9 Å². The molecule has 0 spiro atoms. The fourth-order valence-electron chi connectivity index (χ4n) is 1.45. The van der Waals surface area contributed by atoms with Gasteiger partial charge in [0, 0.05) is 19.2 Å². The smallest absolute Gasteiger partial charge is 0.320 e. The Balaban J connectivity index is 1.68. The highest BCUT2D eigenvalue weighted by Crippen LogP contribution is 2.10. The molecule has 1 aromatic heterocycles. The number of rotatable bonds is 3. The highest BCUT2D eigenvalue weighted by molar-refractivity contribution is 5.87. The number of carbonyl (C=O) groups is 1. The number of urea groups is 1. The van der Waals surface area contributed by atoms with Crippen LogP contribution in [-0.4, -0.2) is 30.4 Å². The van der Waals surface area contributed by atoms with Crippen LogP contribution in [0.25, 0.3) is 0 Å². The lowest BCUT2D eigenvalue weighted by Crippen LogP contribution is -2.35. The number of nitrogens with one attached hydrogen (secondary N) is 2. The summed E-state index contributed by atoms with van der Waals surface area (Å²) < 4.78 is 9.94. The van der Waals surface area contributed by atoms with E-state index in [1.165, 1.54) is 6.26 Å². The summed E-state index contributed by atoms with van der Waals surface area (Å²) in [5.74, 6) is 0.403. The topological polar surface area (TPSA) is 76.4 Å². The number of anilines is 1. The van der Waals surface area contributed by atoms with Crippen molar-refractivity contribution >= 4 is 11.8 Å². The lowest BCUT2D eigenvalue weighted by atomic mass is 10.2. The third-order valence-electron chi connectivity index (χ3n) is 2.19. The lowest BCUT2D eigenvalue weighted by Gasteiger charge is -2.10. The van der Waals surface area contributed by atoms with Crippen molar-refractivity contribution in [2.24, 2.45) is 0 Å². The Morgan fingerprint density at radius 1 is 1.67 bits per heavy atom. The summed E-state index contributed by atoms with van der Waals surface area (Å²) in [7, 11) is 0. The third kappa shape index (κ3) is 2.95. The molecule has 0 bridgehead atoms. The molecular weight excluding hydrogens is 198 g/mol. The molecule has 1 unspecified atom stereocenters. The molecule has 0 saturated carbocycles. The first kappa shape index (κ1) is 9.97. The van der Waals surface area contributed by atoms with Crippen LogP contribution in [0.15, 0.2) is 16.9 Å². The van der Waals surface area contributed by atoms with Crippen LogP contribution in [0.2, 0.25) is 0 Å². The molecule has 2 rings (SSSR count). The average Bonchev–Trinajstić information content (AvgIpc) is 2.86. The van der Waals surface area contributed by atoms with Crippen molar-refractivity contribution in [3.63, 3.8) is 0 Å². The van der Waals surface area contributed by atoms with Crippen LogP contribution in [0.5, 0.6) is 0 Å². The van der Waals surface area contributed by atoms with Crippen LogP contribution in [0.3, 0.4) is 0 Å². The van der Waals surface area contributed by atoms with Crippen molar-refractivity contribution < 1.29 is 14.1 Å². The highest BCUT2D eigenvalue weighted by Gasteiger charge is 2.16. The number of carbonyl (C=O) groups excluding carboxylic acids is 1. The average molecular weight is 211 g/mol. The summed E-state index contributed by atoms with van der Waals surface area (Å²) in [5, 5.41) is 8.80.